The molecular formula is C20H30N2O9. The molecule has 11 nitrogen and oxygen atoms in total. The first-order chi connectivity index (χ1) is 17.4. The van der Waals surface area contributed by atoms with Gasteiger partial charge < -0.3 is 45.7 Å². The highest BCUT2D eigenvalue weighted by atomic mass is 16.7. The smallest absolute Gasteiger partial charge is 0.335 e. The topological polar surface area (TPSA) is 181 Å². The fraction of sp³-hybridized carbons (Fsp3) is 0.600. The van der Waals surface area contributed by atoms with Crippen LogP contribution in [0, 0.1) is 0 Å². The molecule has 0 aliphatic carbocycles. The van der Waals surface area contributed by atoms with E-state index in [1.807, 2.05) is 0 Å². The Labute approximate surface area is 189 Å². The summed E-state index contributed by atoms with van der Waals surface area (Å²) in [6, 6.07) is 2.86. The molecule has 174 valence electrons. The molecule has 0 radical (unpaired) electrons. The number of carboxylic acid groups (broad SMARTS) is 1. The van der Waals surface area contributed by atoms with Gasteiger partial charge in [0, 0.05) is 22.2 Å². The molecule has 0 bridgehead atoms. The number of primary amides is 1. The van der Waals surface area contributed by atoms with Crippen LogP contribution in [-0.4, -0.2) is 88.3 Å². The number of nitrogens with two attached hydrogens (primary N) is 1. The van der Waals surface area contributed by atoms with Crippen molar-refractivity contribution in [2.75, 3.05) is 13.2 Å². The van der Waals surface area contributed by atoms with Crippen molar-refractivity contribution in [3.8, 4) is 5.75 Å². The molecule has 2 rings (SSSR count). The third kappa shape index (κ3) is 7.42. The molecule has 1 aliphatic heterocycles. The van der Waals surface area contributed by atoms with Gasteiger partial charge in [0.2, 0.25) is 5.91 Å². The summed E-state index contributed by atoms with van der Waals surface area (Å²) >= 11 is 0. The van der Waals surface area contributed by atoms with E-state index in [1.54, 1.807) is 0 Å². The van der Waals surface area contributed by atoms with Crippen molar-refractivity contribution < 1.29 is 53.8 Å². The predicted molar refractivity (Wildman–Crippen MR) is 107 cm³/mol. The normalized spacial score (nSPS) is 31.6. The molecule has 6 atom stereocenters. The molecular weight excluding hydrogens is 412 g/mol. The summed E-state index contributed by atoms with van der Waals surface area (Å²) in [7, 11) is 0. The van der Waals surface area contributed by atoms with Gasteiger partial charge in [0.25, 0.3) is 0 Å². The van der Waals surface area contributed by atoms with Crippen LogP contribution < -0.4 is 15.8 Å². The van der Waals surface area contributed by atoms with Gasteiger partial charge in [0.05, 0.1) is 6.42 Å². The van der Waals surface area contributed by atoms with E-state index in [9.17, 15) is 30.0 Å². The average Bonchev–Trinajstić information content (AvgIpc) is 2.79. The number of hydrogen-bond donors (Lipinski definition) is 6. The number of aliphatic carboxylic acids is 1. The lowest BCUT2D eigenvalue weighted by atomic mass is 9.99. The molecule has 1 saturated heterocycles. The molecule has 1 aliphatic rings. The molecule has 11 heteroatoms. The number of amides is 1. The lowest BCUT2D eigenvalue weighted by molar-refractivity contribution is -0.305. The largest absolute Gasteiger partial charge is 0.491 e. The third-order valence-corrected chi connectivity index (χ3v) is 4.38. The Bertz CT molecular complexity index is 948. The highest BCUT2D eigenvalue weighted by molar-refractivity contribution is 5.76. The van der Waals surface area contributed by atoms with Crippen LogP contribution in [0.5, 0.6) is 5.75 Å². The number of ether oxygens (including phenoxy) is 3. The Hall–Kier alpha value is -2.28. The summed E-state index contributed by atoms with van der Waals surface area (Å²) in [4.78, 5) is 22.4. The summed E-state index contributed by atoms with van der Waals surface area (Å²) in [5.74, 6) is -2.01. The molecule has 0 spiro atoms. The van der Waals surface area contributed by atoms with Crippen molar-refractivity contribution in [1.82, 2.24) is 5.32 Å². The van der Waals surface area contributed by atoms with Crippen molar-refractivity contribution in [3.63, 3.8) is 0 Å². The second-order valence-electron chi connectivity index (χ2n) is 6.85. The minimum absolute atomic E-state index is 0.0262. The van der Waals surface area contributed by atoms with Gasteiger partial charge >= 0.3 is 5.97 Å². The number of aliphatic hydroxyl groups excluding tert-OH is 3. The predicted octanol–water partition coefficient (Wildman–Crippen LogP) is -1.63. The second kappa shape index (κ2) is 11.4. The third-order valence-electron chi connectivity index (χ3n) is 4.38. The van der Waals surface area contributed by atoms with Crippen LogP contribution in [0.15, 0.2) is 24.3 Å². The highest BCUT2D eigenvalue weighted by Gasteiger charge is 2.48. The van der Waals surface area contributed by atoms with Crippen LogP contribution in [0.25, 0.3) is 0 Å². The van der Waals surface area contributed by atoms with E-state index in [1.165, 1.54) is 24.3 Å². The first kappa shape index (κ1) is 16.4. The molecule has 1 heterocycles. The fourth-order valence-corrected chi connectivity index (χ4v) is 2.81. The van der Waals surface area contributed by atoms with Crippen molar-refractivity contribution in [2.45, 2.75) is 63.0 Å². The number of aliphatic hydroxyl groups is 3. The lowest BCUT2D eigenvalue weighted by Gasteiger charge is -2.39. The number of benzene rings is 1. The van der Waals surface area contributed by atoms with Gasteiger partial charge in [-0.1, -0.05) is 25.8 Å². The number of carboxylic acids is 1. The quantitative estimate of drug-likeness (QED) is 0.229. The lowest BCUT2D eigenvalue weighted by Crippen LogP contribution is -2.61. The Balaban J connectivity index is 2.25. The van der Waals surface area contributed by atoms with E-state index in [-0.39, 0.29) is 12.2 Å². The van der Waals surface area contributed by atoms with Crippen LogP contribution in [0.1, 0.15) is 28.9 Å². The van der Waals surface area contributed by atoms with Crippen molar-refractivity contribution in [1.29, 1.82) is 0 Å². The number of hydrogen-bond acceptors (Lipinski definition) is 9. The number of carbonyl (C=O) groups is 2. The Morgan fingerprint density at radius 3 is 2.48 bits per heavy atom. The van der Waals surface area contributed by atoms with Crippen molar-refractivity contribution >= 4 is 11.9 Å². The van der Waals surface area contributed by atoms with Gasteiger partial charge in [-0.2, -0.15) is 0 Å². The fourth-order valence-electron chi connectivity index (χ4n) is 2.81. The minimum atomic E-state index is -3.32. The summed E-state index contributed by atoms with van der Waals surface area (Å²) in [6.45, 7) is -7.79. The van der Waals surface area contributed by atoms with Gasteiger partial charge in [0.1, 0.15) is 36.8 Å². The molecule has 1 aromatic rings. The number of carbonyl (C=O) groups excluding carboxylic acids is 1. The van der Waals surface area contributed by atoms with Crippen molar-refractivity contribution in [3.05, 3.63) is 29.8 Å². The highest BCUT2D eigenvalue weighted by Crippen LogP contribution is 2.23. The Kier molecular flexibility index (Phi) is 6.00. The Morgan fingerprint density at radius 2 is 1.90 bits per heavy atom. The van der Waals surface area contributed by atoms with Gasteiger partial charge in [-0.05, 0) is 17.7 Å². The van der Waals surface area contributed by atoms with Crippen molar-refractivity contribution in [2.24, 2.45) is 5.73 Å². The summed E-state index contributed by atoms with van der Waals surface area (Å²) < 4.78 is 69.4. The van der Waals surface area contributed by atoms with Crippen LogP contribution in [-0.2, 0) is 25.5 Å². The molecule has 1 fully saturated rings. The standard InChI is InChI=1S/C20H30N2O9/c1-10(2)22-8-13(9-29-12-5-3-11(4-6-12)7-14(21)23)30-20-17(26)15(24)16(25)18(31-20)19(27)28/h3-6,10,13,15-18,20,22,24-26H,7-9H2,1-2H3,(H2,21,23)(H,27,28)/t13?,15-,16-,17+,18-,20+/m0/s1/i1D3,2D3,10D. The van der Waals surface area contributed by atoms with E-state index in [0.717, 1.165) is 0 Å². The molecule has 1 amide bonds. The molecule has 1 unspecified atom stereocenters. The van der Waals surface area contributed by atoms with Gasteiger partial charge in [-0.25, -0.2) is 4.79 Å². The maximum absolute atomic E-state index is 11.4. The first-order valence-corrected chi connectivity index (χ1v) is 9.20. The van der Waals surface area contributed by atoms with Crippen LogP contribution >= 0.6 is 0 Å². The summed E-state index contributed by atoms with van der Waals surface area (Å²) in [6.07, 6.45) is -11.2. The van der Waals surface area contributed by atoms with Gasteiger partial charge in [0.15, 0.2) is 12.4 Å². The van der Waals surface area contributed by atoms with Crippen LogP contribution in [0.3, 0.4) is 0 Å². The zero-order valence-electron chi connectivity index (χ0n) is 23.3. The number of nitrogens with one attached hydrogen (secondary N) is 1. The zero-order valence-corrected chi connectivity index (χ0v) is 16.3. The van der Waals surface area contributed by atoms with E-state index >= 15 is 0 Å². The van der Waals surface area contributed by atoms with E-state index in [4.69, 9.17) is 29.5 Å². The SMILES string of the molecule is [2H]C([2H])([2H])C([2H])(NCC(COc1ccc(CC(N)=O)cc1)O[C@@H]1O[C@H](C(=O)O)[C@@H](O)[C@H](O)[C@H]1O)C([2H])([2H])[2H]. The zero-order chi connectivity index (χ0) is 29.1. The summed E-state index contributed by atoms with van der Waals surface area (Å²) in [5, 5.41) is 41.5. The van der Waals surface area contributed by atoms with E-state index < -0.39 is 81.6 Å². The average molecular weight is 450 g/mol. The van der Waals surface area contributed by atoms with E-state index in [0.29, 0.717) is 5.56 Å². The molecule has 0 saturated carbocycles. The molecule has 0 aromatic heterocycles. The molecule has 7 N–H and O–H groups in total. The monoisotopic (exact) mass is 449 g/mol. The maximum Gasteiger partial charge on any atom is 0.335 e. The van der Waals surface area contributed by atoms with Crippen LogP contribution in [0.2, 0.25) is 0 Å². The van der Waals surface area contributed by atoms with E-state index in [2.05, 4.69) is 5.32 Å². The maximum atomic E-state index is 11.4. The summed E-state index contributed by atoms with van der Waals surface area (Å²) in [5.41, 5.74) is 5.73. The van der Waals surface area contributed by atoms with Gasteiger partial charge in [-0.3, -0.25) is 4.79 Å². The number of rotatable bonds is 11. The first-order valence-electron chi connectivity index (χ1n) is 12.7. The Morgan fingerprint density at radius 1 is 1.23 bits per heavy atom. The molecule has 31 heavy (non-hydrogen) atoms. The minimum Gasteiger partial charge on any atom is -0.491 e. The molecule has 1 aromatic carbocycles. The van der Waals surface area contributed by atoms with Crippen LogP contribution in [0.4, 0.5) is 0 Å². The van der Waals surface area contributed by atoms with Gasteiger partial charge in [-0.15, -0.1) is 0 Å². The second-order valence-corrected chi connectivity index (χ2v) is 6.85.